The Balaban J connectivity index is 1.63. The average Bonchev–Trinajstić information content (AvgIpc) is 3.24. The predicted octanol–water partition coefficient (Wildman–Crippen LogP) is 2.29. The quantitative estimate of drug-likeness (QED) is 0.567. The van der Waals surface area contributed by atoms with Gasteiger partial charge in [-0.3, -0.25) is 15.6 Å². The number of ether oxygens (including phenoxy) is 3. The molecule has 2 N–H and O–H groups in total. The van der Waals surface area contributed by atoms with Gasteiger partial charge in [0, 0.05) is 23.2 Å². The Hall–Kier alpha value is -3.40. The van der Waals surface area contributed by atoms with E-state index in [1.807, 2.05) is 5.38 Å². The fraction of sp³-hybridized carbons (Fsp3) is 0.176. The molecule has 1 aromatic carbocycles. The van der Waals surface area contributed by atoms with E-state index in [4.69, 9.17) is 14.2 Å². The predicted molar refractivity (Wildman–Crippen MR) is 99.1 cm³/mol. The Morgan fingerprint density at radius 1 is 1.15 bits per heavy atom. The second kappa shape index (κ2) is 8.81. The number of hydrogen-bond donors (Lipinski definition) is 2. The molecule has 3 rings (SSSR count). The molecule has 0 aliphatic heterocycles. The van der Waals surface area contributed by atoms with E-state index in [-0.39, 0.29) is 11.9 Å². The van der Waals surface area contributed by atoms with Crippen molar-refractivity contribution in [3.8, 4) is 17.4 Å². The molecule has 0 fully saturated rings. The summed E-state index contributed by atoms with van der Waals surface area (Å²) >= 11 is 1.50. The summed E-state index contributed by atoms with van der Waals surface area (Å²) in [4.78, 5) is 24.5. The zero-order valence-electron chi connectivity index (χ0n) is 14.6. The van der Waals surface area contributed by atoms with Crippen molar-refractivity contribution in [2.24, 2.45) is 0 Å². The topological polar surface area (TPSA) is 107 Å². The van der Waals surface area contributed by atoms with E-state index >= 15 is 0 Å². The third-order valence-electron chi connectivity index (χ3n) is 3.41. The highest BCUT2D eigenvalue weighted by molar-refractivity contribution is 7.07. The SMILES string of the molecule is COc1ccnc(NNC(=O)c2ccc(OCc3cscn3)c(OC)c2)n1. The molecule has 0 unspecified atom stereocenters. The van der Waals surface area contributed by atoms with Crippen LogP contribution in [0.15, 0.2) is 41.4 Å². The number of benzene rings is 1. The van der Waals surface area contributed by atoms with Crippen molar-refractivity contribution in [2.45, 2.75) is 6.61 Å². The van der Waals surface area contributed by atoms with Gasteiger partial charge in [0.15, 0.2) is 11.5 Å². The van der Waals surface area contributed by atoms with E-state index in [9.17, 15) is 4.79 Å². The minimum absolute atomic E-state index is 0.206. The molecule has 0 radical (unpaired) electrons. The van der Waals surface area contributed by atoms with Crippen LogP contribution in [0.3, 0.4) is 0 Å². The van der Waals surface area contributed by atoms with Gasteiger partial charge in [-0.2, -0.15) is 4.98 Å². The normalized spacial score (nSPS) is 10.1. The first-order valence-electron chi connectivity index (χ1n) is 7.81. The van der Waals surface area contributed by atoms with Gasteiger partial charge < -0.3 is 14.2 Å². The second-order valence-electron chi connectivity index (χ2n) is 5.14. The minimum Gasteiger partial charge on any atom is -0.493 e. The third kappa shape index (κ3) is 4.82. The summed E-state index contributed by atoms with van der Waals surface area (Å²) in [5.41, 5.74) is 8.09. The molecule has 140 valence electrons. The highest BCUT2D eigenvalue weighted by Gasteiger charge is 2.12. The molecule has 10 heteroatoms. The number of rotatable bonds is 8. The van der Waals surface area contributed by atoms with E-state index in [1.54, 1.807) is 29.8 Å². The summed E-state index contributed by atoms with van der Waals surface area (Å²) in [5.74, 6) is 1.16. The molecular weight excluding hydrogens is 370 g/mol. The van der Waals surface area contributed by atoms with Gasteiger partial charge in [0.05, 0.1) is 25.4 Å². The summed E-state index contributed by atoms with van der Waals surface area (Å²) in [5, 5.41) is 1.90. The number of nitrogens with zero attached hydrogens (tertiary/aromatic N) is 3. The van der Waals surface area contributed by atoms with Crippen LogP contribution in [-0.2, 0) is 6.61 Å². The van der Waals surface area contributed by atoms with Crippen LogP contribution in [0.5, 0.6) is 17.4 Å². The summed E-state index contributed by atoms with van der Waals surface area (Å²) in [6, 6.07) is 6.48. The molecule has 0 saturated heterocycles. The van der Waals surface area contributed by atoms with E-state index in [0.29, 0.717) is 29.5 Å². The number of nitrogens with one attached hydrogen (secondary N) is 2. The van der Waals surface area contributed by atoms with Crippen LogP contribution in [0, 0.1) is 0 Å². The van der Waals surface area contributed by atoms with E-state index in [0.717, 1.165) is 5.69 Å². The highest BCUT2D eigenvalue weighted by atomic mass is 32.1. The van der Waals surface area contributed by atoms with Gasteiger partial charge in [0.1, 0.15) is 6.61 Å². The maximum atomic E-state index is 12.3. The largest absolute Gasteiger partial charge is 0.493 e. The fourth-order valence-corrected chi connectivity index (χ4v) is 2.63. The number of anilines is 1. The lowest BCUT2D eigenvalue weighted by Gasteiger charge is -2.12. The van der Waals surface area contributed by atoms with Crippen molar-refractivity contribution in [3.63, 3.8) is 0 Å². The van der Waals surface area contributed by atoms with Crippen LogP contribution >= 0.6 is 11.3 Å². The first kappa shape index (κ1) is 18.4. The molecule has 1 amide bonds. The maximum Gasteiger partial charge on any atom is 0.269 e. The minimum atomic E-state index is -0.384. The molecule has 2 heterocycles. The van der Waals surface area contributed by atoms with Crippen LogP contribution in [0.1, 0.15) is 16.1 Å². The number of carbonyl (C=O) groups is 1. The molecule has 0 aliphatic carbocycles. The Morgan fingerprint density at radius 2 is 2.04 bits per heavy atom. The van der Waals surface area contributed by atoms with Crippen LogP contribution in [-0.4, -0.2) is 35.1 Å². The Labute approximate surface area is 159 Å². The van der Waals surface area contributed by atoms with E-state index in [1.165, 1.54) is 31.8 Å². The zero-order chi connectivity index (χ0) is 19.1. The third-order valence-corrected chi connectivity index (χ3v) is 4.05. The first-order chi connectivity index (χ1) is 13.2. The average molecular weight is 387 g/mol. The van der Waals surface area contributed by atoms with Crippen molar-refractivity contribution >= 4 is 23.2 Å². The molecule has 0 bridgehead atoms. The first-order valence-corrected chi connectivity index (χ1v) is 8.75. The number of hydrogen-bond acceptors (Lipinski definition) is 9. The summed E-state index contributed by atoms with van der Waals surface area (Å²) < 4.78 is 16.0. The van der Waals surface area contributed by atoms with Crippen molar-refractivity contribution in [3.05, 3.63) is 52.6 Å². The molecule has 0 spiro atoms. The number of thiazole rings is 1. The highest BCUT2D eigenvalue weighted by Crippen LogP contribution is 2.28. The molecule has 27 heavy (non-hydrogen) atoms. The van der Waals surface area contributed by atoms with Crippen molar-refractivity contribution in [1.29, 1.82) is 0 Å². The van der Waals surface area contributed by atoms with Crippen LogP contribution in [0.25, 0.3) is 0 Å². The van der Waals surface area contributed by atoms with Gasteiger partial charge in [0.2, 0.25) is 11.8 Å². The smallest absolute Gasteiger partial charge is 0.269 e. The van der Waals surface area contributed by atoms with Gasteiger partial charge >= 0.3 is 0 Å². The van der Waals surface area contributed by atoms with Crippen LogP contribution in [0.2, 0.25) is 0 Å². The summed E-state index contributed by atoms with van der Waals surface area (Å²) in [6.45, 7) is 0.320. The number of hydrazine groups is 1. The standard InChI is InChI=1S/C17H17N5O4S/c1-24-14-7-11(3-4-13(14)26-8-12-9-27-10-19-12)16(23)21-22-17-18-6-5-15(20-17)25-2/h3-7,9-10H,8H2,1-2H3,(H,21,23)(H,18,20,22). The number of carbonyl (C=O) groups excluding carboxylic acids is 1. The van der Waals surface area contributed by atoms with E-state index < -0.39 is 0 Å². The molecular formula is C17H17N5O4S. The monoisotopic (exact) mass is 387 g/mol. The van der Waals surface area contributed by atoms with Gasteiger partial charge in [-0.1, -0.05) is 0 Å². The fourth-order valence-electron chi connectivity index (χ4n) is 2.09. The van der Waals surface area contributed by atoms with Crippen molar-refractivity contribution < 1.29 is 19.0 Å². The Kier molecular flexibility index (Phi) is 6.00. The number of methoxy groups -OCH3 is 2. The van der Waals surface area contributed by atoms with Gasteiger partial charge in [-0.25, -0.2) is 9.97 Å². The lowest BCUT2D eigenvalue weighted by Crippen LogP contribution is -2.30. The summed E-state index contributed by atoms with van der Waals surface area (Å²) in [6.07, 6.45) is 1.51. The second-order valence-corrected chi connectivity index (χ2v) is 5.85. The summed E-state index contributed by atoms with van der Waals surface area (Å²) in [7, 11) is 3.00. The van der Waals surface area contributed by atoms with Crippen molar-refractivity contribution in [2.75, 3.05) is 19.6 Å². The molecule has 0 aliphatic rings. The van der Waals surface area contributed by atoms with Gasteiger partial charge in [-0.05, 0) is 18.2 Å². The Morgan fingerprint density at radius 3 is 2.78 bits per heavy atom. The number of aromatic nitrogens is 3. The Bertz CT molecular complexity index is 904. The molecule has 9 nitrogen and oxygen atoms in total. The van der Waals surface area contributed by atoms with Crippen molar-refractivity contribution in [1.82, 2.24) is 20.4 Å². The molecule has 2 aromatic heterocycles. The molecule has 3 aromatic rings. The zero-order valence-corrected chi connectivity index (χ0v) is 15.4. The van der Waals surface area contributed by atoms with Gasteiger partial charge in [0.25, 0.3) is 5.91 Å². The number of amides is 1. The molecule has 0 saturated carbocycles. The van der Waals surface area contributed by atoms with E-state index in [2.05, 4.69) is 25.8 Å². The maximum absolute atomic E-state index is 12.3. The lowest BCUT2D eigenvalue weighted by atomic mass is 10.2. The lowest BCUT2D eigenvalue weighted by molar-refractivity contribution is 0.0961. The van der Waals surface area contributed by atoms with Crippen LogP contribution < -0.4 is 25.1 Å². The van der Waals surface area contributed by atoms with Crippen LogP contribution in [0.4, 0.5) is 5.95 Å². The van der Waals surface area contributed by atoms with Gasteiger partial charge in [-0.15, -0.1) is 11.3 Å². The molecule has 0 atom stereocenters.